The van der Waals surface area contributed by atoms with Gasteiger partial charge in [-0.15, -0.1) is 0 Å². The number of nitrogens with zero attached hydrogens (tertiary/aromatic N) is 1. The third kappa shape index (κ3) is 5.70. The highest BCUT2D eigenvalue weighted by molar-refractivity contribution is 5.99. The zero-order chi connectivity index (χ0) is 22.2. The zero-order valence-electron chi connectivity index (χ0n) is 19.4. The van der Waals surface area contributed by atoms with E-state index in [1.54, 1.807) is 0 Å². The summed E-state index contributed by atoms with van der Waals surface area (Å²) in [5, 5.41) is 6.95. The van der Waals surface area contributed by atoms with Gasteiger partial charge >= 0.3 is 0 Å². The summed E-state index contributed by atoms with van der Waals surface area (Å²) in [5.74, 6) is 0.977. The summed E-state index contributed by atoms with van der Waals surface area (Å²) in [6.45, 7) is 7.33. The van der Waals surface area contributed by atoms with Gasteiger partial charge in [0.1, 0.15) is 12.4 Å². The largest absolute Gasteiger partial charge is 0.489 e. The molecule has 0 saturated carbocycles. The first kappa shape index (κ1) is 22.8. The van der Waals surface area contributed by atoms with Crippen LogP contribution >= 0.6 is 0 Å². The number of rotatable bonds is 11. The van der Waals surface area contributed by atoms with Crippen molar-refractivity contribution in [3.63, 3.8) is 0 Å². The van der Waals surface area contributed by atoms with Crippen LogP contribution in [0.5, 0.6) is 5.75 Å². The van der Waals surface area contributed by atoms with Crippen LogP contribution in [0.25, 0.3) is 0 Å². The Labute approximate surface area is 192 Å². The number of hydrogen-bond acceptors (Lipinski definition) is 4. The van der Waals surface area contributed by atoms with Gasteiger partial charge < -0.3 is 20.3 Å². The summed E-state index contributed by atoms with van der Waals surface area (Å²) in [6, 6.07) is 14.8. The molecule has 5 heteroatoms. The molecule has 1 unspecified atom stereocenters. The lowest BCUT2D eigenvalue weighted by Gasteiger charge is -2.31. The van der Waals surface area contributed by atoms with E-state index < -0.39 is 0 Å². The molecule has 5 nitrogen and oxygen atoms in total. The van der Waals surface area contributed by atoms with Gasteiger partial charge in [0.15, 0.2) is 0 Å². The predicted molar refractivity (Wildman–Crippen MR) is 129 cm³/mol. The molecule has 0 spiro atoms. The highest BCUT2D eigenvalue weighted by atomic mass is 16.5. The molecule has 0 radical (unpaired) electrons. The first-order valence-corrected chi connectivity index (χ1v) is 12.3. The highest BCUT2D eigenvalue weighted by Crippen LogP contribution is 2.33. The molecule has 2 aromatic carbocycles. The van der Waals surface area contributed by atoms with Crippen molar-refractivity contribution in [1.29, 1.82) is 0 Å². The number of amides is 1. The van der Waals surface area contributed by atoms with Crippen LogP contribution in [0.15, 0.2) is 42.5 Å². The summed E-state index contributed by atoms with van der Waals surface area (Å²) in [6.07, 6.45) is 7.36. The van der Waals surface area contributed by atoms with Gasteiger partial charge in [-0.3, -0.25) is 4.79 Å². The Morgan fingerprint density at radius 3 is 2.72 bits per heavy atom. The molecule has 2 heterocycles. The van der Waals surface area contributed by atoms with Crippen LogP contribution in [-0.2, 0) is 19.7 Å². The molecule has 0 aromatic heterocycles. The van der Waals surface area contributed by atoms with Gasteiger partial charge in [-0.05, 0) is 55.6 Å². The van der Waals surface area contributed by atoms with Crippen molar-refractivity contribution in [2.24, 2.45) is 0 Å². The van der Waals surface area contributed by atoms with Gasteiger partial charge in [-0.2, -0.15) is 0 Å². The van der Waals surface area contributed by atoms with E-state index in [1.165, 1.54) is 31.2 Å². The van der Waals surface area contributed by atoms with Crippen molar-refractivity contribution in [3.05, 3.63) is 64.7 Å². The van der Waals surface area contributed by atoms with Gasteiger partial charge in [0.25, 0.3) is 5.91 Å². The maximum atomic E-state index is 13.0. The lowest BCUT2D eigenvalue weighted by Crippen LogP contribution is -2.46. The molecule has 1 atom stereocenters. The van der Waals surface area contributed by atoms with E-state index in [0.29, 0.717) is 13.2 Å². The quantitative estimate of drug-likeness (QED) is 0.505. The van der Waals surface area contributed by atoms with Crippen molar-refractivity contribution < 1.29 is 9.53 Å². The van der Waals surface area contributed by atoms with Gasteiger partial charge in [-0.1, -0.05) is 56.5 Å². The van der Waals surface area contributed by atoms with Gasteiger partial charge in [0, 0.05) is 30.3 Å². The van der Waals surface area contributed by atoms with Crippen LogP contribution in [0, 0.1) is 0 Å². The van der Waals surface area contributed by atoms with Crippen molar-refractivity contribution in [2.45, 2.75) is 71.2 Å². The first-order valence-electron chi connectivity index (χ1n) is 12.3. The molecule has 1 amide bonds. The number of hydrogen-bond donors (Lipinski definition) is 2. The smallest absolute Gasteiger partial charge is 0.254 e. The molecule has 2 aliphatic heterocycles. The summed E-state index contributed by atoms with van der Waals surface area (Å²) in [4.78, 5) is 15.0. The number of ether oxygens (including phenoxy) is 1. The molecular formula is C27H37N3O2. The second-order valence-electron chi connectivity index (χ2n) is 9.06. The SMILES string of the molecule is CCCCCCNCc1ccc(COc2cccc3c2CN(C2CCCNC2)C3=O)cc1. The summed E-state index contributed by atoms with van der Waals surface area (Å²) >= 11 is 0. The zero-order valence-corrected chi connectivity index (χ0v) is 19.4. The van der Waals surface area contributed by atoms with Crippen molar-refractivity contribution in [3.8, 4) is 5.75 Å². The van der Waals surface area contributed by atoms with Crippen molar-refractivity contribution in [2.75, 3.05) is 19.6 Å². The molecule has 4 rings (SSSR count). The van der Waals surface area contributed by atoms with Crippen LogP contribution < -0.4 is 15.4 Å². The Balaban J connectivity index is 1.29. The maximum Gasteiger partial charge on any atom is 0.254 e. The Morgan fingerprint density at radius 1 is 1.09 bits per heavy atom. The molecule has 1 saturated heterocycles. The Bertz CT molecular complexity index is 875. The normalized spacial score (nSPS) is 18.1. The minimum absolute atomic E-state index is 0.144. The Hall–Kier alpha value is -2.37. The number of fused-ring (bicyclic) bond motifs is 1. The molecule has 172 valence electrons. The van der Waals surface area contributed by atoms with E-state index in [-0.39, 0.29) is 11.9 Å². The second kappa shape index (κ2) is 11.5. The van der Waals surface area contributed by atoms with E-state index in [4.69, 9.17) is 4.74 Å². The van der Waals surface area contributed by atoms with E-state index in [1.807, 2.05) is 23.1 Å². The van der Waals surface area contributed by atoms with Gasteiger partial charge in [-0.25, -0.2) is 0 Å². The van der Waals surface area contributed by atoms with Gasteiger partial charge in [0.2, 0.25) is 0 Å². The molecule has 0 aliphatic carbocycles. The number of carbonyl (C=O) groups excluding carboxylic acids is 1. The third-order valence-electron chi connectivity index (χ3n) is 6.62. The van der Waals surface area contributed by atoms with E-state index in [0.717, 1.165) is 61.5 Å². The summed E-state index contributed by atoms with van der Waals surface area (Å²) in [5.41, 5.74) is 4.28. The molecule has 32 heavy (non-hydrogen) atoms. The Kier molecular flexibility index (Phi) is 8.18. The first-order chi connectivity index (χ1) is 15.8. The molecule has 2 aromatic rings. The molecule has 1 fully saturated rings. The van der Waals surface area contributed by atoms with Gasteiger partial charge in [0.05, 0.1) is 6.54 Å². The average Bonchev–Trinajstić information content (AvgIpc) is 3.18. The standard InChI is InChI=1S/C27H37N3O2/c1-2-3-4-5-15-28-17-21-11-13-22(14-12-21)20-32-26-10-6-9-24-25(26)19-30(27(24)31)23-8-7-16-29-18-23/h6,9-14,23,28-29H,2-5,7-8,15-20H2,1H3. The van der Waals surface area contributed by atoms with Crippen LogP contribution in [0.2, 0.25) is 0 Å². The van der Waals surface area contributed by atoms with Crippen LogP contribution in [0.3, 0.4) is 0 Å². The molecule has 2 N–H and O–H groups in total. The third-order valence-corrected chi connectivity index (χ3v) is 6.62. The minimum Gasteiger partial charge on any atom is -0.489 e. The van der Waals surface area contributed by atoms with Crippen molar-refractivity contribution >= 4 is 5.91 Å². The lowest BCUT2D eigenvalue weighted by molar-refractivity contribution is 0.0674. The fourth-order valence-corrected chi connectivity index (χ4v) is 4.68. The van der Waals surface area contributed by atoms with E-state index in [2.05, 4.69) is 41.8 Å². The monoisotopic (exact) mass is 435 g/mol. The lowest BCUT2D eigenvalue weighted by atomic mass is 10.1. The predicted octanol–water partition coefficient (Wildman–Crippen LogP) is 4.64. The molecule has 0 bridgehead atoms. The number of nitrogens with one attached hydrogen (secondary N) is 2. The minimum atomic E-state index is 0.144. The molecular weight excluding hydrogens is 398 g/mol. The fourth-order valence-electron chi connectivity index (χ4n) is 4.68. The number of piperidine rings is 1. The second-order valence-corrected chi connectivity index (χ2v) is 9.06. The summed E-state index contributed by atoms with van der Waals surface area (Å²) < 4.78 is 6.18. The topological polar surface area (TPSA) is 53.6 Å². The fraction of sp³-hybridized carbons (Fsp3) is 0.519. The number of unbranched alkanes of at least 4 members (excludes halogenated alkanes) is 3. The average molecular weight is 436 g/mol. The van der Waals surface area contributed by atoms with Crippen molar-refractivity contribution in [1.82, 2.24) is 15.5 Å². The summed E-state index contributed by atoms with van der Waals surface area (Å²) in [7, 11) is 0. The highest BCUT2D eigenvalue weighted by Gasteiger charge is 2.34. The number of benzene rings is 2. The van der Waals surface area contributed by atoms with Crippen LogP contribution in [0.4, 0.5) is 0 Å². The van der Waals surface area contributed by atoms with Crippen LogP contribution in [0.1, 0.15) is 72.5 Å². The molecule has 2 aliphatic rings. The maximum absolute atomic E-state index is 13.0. The number of carbonyl (C=O) groups is 1. The van der Waals surface area contributed by atoms with E-state index in [9.17, 15) is 4.79 Å². The Morgan fingerprint density at radius 2 is 1.94 bits per heavy atom. The van der Waals surface area contributed by atoms with Crippen LogP contribution in [-0.4, -0.2) is 36.5 Å². The van der Waals surface area contributed by atoms with E-state index >= 15 is 0 Å².